The van der Waals surface area contributed by atoms with E-state index in [0.29, 0.717) is 23.4 Å². The van der Waals surface area contributed by atoms with Crippen LogP contribution in [0, 0.1) is 18.6 Å². The summed E-state index contributed by atoms with van der Waals surface area (Å²) in [5.41, 5.74) is 0.732. The van der Waals surface area contributed by atoms with Gasteiger partial charge >= 0.3 is 0 Å². The molecule has 0 unspecified atom stereocenters. The Kier molecular flexibility index (Phi) is 3.95. The third-order valence-electron chi connectivity index (χ3n) is 2.77. The van der Waals surface area contributed by atoms with Crippen molar-refractivity contribution in [2.45, 2.75) is 20.3 Å². The minimum atomic E-state index is -0.681. The van der Waals surface area contributed by atoms with Gasteiger partial charge in [-0.15, -0.1) is 0 Å². The van der Waals surface area contributed by atoms with Gasteiger partial charge in [0.25, 0.3) is 0 Å². The molecule has 2 aromatic rings. The largest absolute Gasteiger partial charge is 0.335 e. The van der Waals surface area contributed by atoms with E-state index in [1.54, 1.807) is 6.92 Å². The lowest BCUT2D eigenvalue weighted by atomic mass is 10.2. The zero-order valence-corrected chi connectivity index (χ0v) is 11.2. The number of hydrogen-bond donors (Lipinski definition) is 1. The molecule has 1 aromatic carbocycles. The highest BCUT2D eigenvalue weighted by Crippen LogP contribution is 2.28. The summed E-state index contributed by atoms with van der Waals surface area (Å²) in [7, 11) is 0. The number of rotatable bonds is 3. The highest BCUT2D eigenvalue weighted by atomic mass is 35.5. The number of aromatic nitrogens is 2. The second-order valence-electron chi connectivity index (χ2n) is 4.02. The normalized spacial score (nSPS) is 10.6. The molecule has 0 aliphatic heterocycles. The smallest absolute Gasteiger partial charge is 0.152 e. The van der Waals surface area contributed by atoms with Gasteiger partial charge in [-0.2, -0.15) is 0 Å². The third kappa shape index (κ3) is 2.66. The van der Waals surface area contributed by atoms with Gasteiger partial charge in [0.1, 0.15) is 28.8 Å². The standard InChI is InChI=1S/C13H12ClF2N3/c1-3-8-12(14)17-6-18-13(8)19-11-9(15)5-4-7(2)10(11)16/h4-6H,3H2,1-2H3,(H,17,18,19). The average Bonchev–Trinajstić information content (AvgIpc) is 2.39. The Morgan fingerprint density at radius 3 is 2.68 bits per heavy atom. The highest BCUT2D eigenvalue weighted by Gasteiger charge is 2.15. The molecule has 0 spiro atoms. The second kappa shape index (κ2) is 5.48. The molecule has 1 N–H and O–H groups in total. The first kappa shape index (κ1) is 13.7. The van der Waals surface area contributed by atoms with Crippen LogP contribution in [0.25, 0.3) is 0 Å². The van der Waals surface area contributed by atoms with Crippen molar-refractivity contribution in [3.8, 4) is 0 Å². The number of nitrogens with zero attached hydrogens (tertiary/aromatic N) is 2. The summed E-state index contributed by atoms with van der Waals surface area (Å²) < 4.78 is 27.6. The van der Waals surface area contributed by atoms with Gasteiger partial charge in [0.15, 0.2) is 5.82 Å². The fourth-order valence-corrected chi connectivity index (χ4v) is 1.97. The van der Waals surface area contributed by atoms with E-state index in [2.05, 4.69) is 15.3 Å². The van der Waals surface area contributed by atoms with Crippen LogP contribution in [-0.4, -0.2) is 9.97 Å². The first-order valence-corrected chi connectivity index (χ1v) is 6.13. The summed E-state index contributed by atoms with van der Waals surface area (Å²) in [6.45, 7) is 3.42. The van der Waals surface area contributed by atoms with Gasteiger partial charge in [0.2, 0.25) is 0 Å². The third-order valence-corrected chi connectivity index (χ3v) is 3.10. The zero-order valence-electron chi connectivity index (χ0n) is 10.5. The molecule has 1 heterocycles. The zero-order chi connectivity index (χ0) is 14.0. The molecule has 100 valence electrons. The van der Waals surface area contributed by atoms with Gasteiger partial charge in [-0.3, -0.25) is 0 Å². The molecular weight excluding hydrogens is 272 g/mol. The number of benzene rings is 1. The van der Waals surface area contributed by atoms with Gasteiger partial charge in [-0.1, -0.05) is 24.6 Å². The number of nitrogens with one attached hydrogen (secondary N) is 1. The van der Waals surface area contributed by atoms with Crippen molar-refractivity contribution < 1.29 is 8.78 Å². The molecule has 0 saturated heterocycles. The first-order valence-electron chi connectivity index (χ1n) is 5.75. The van der Waals surface area contributed by atoms with Gasteiger partial charge in [-0.05, 0) is 25.0 Å². The van der Waals surface area contributed by atoms with Crippen molar-refractivity contribution in [3.63, 3.8) is 0 Å². The summed E-state index contributed by atoms with van der Waals surface area (Å²) in [6.07, 6.45) is 1.80. The molecule has 1 aromatic heterocycles. The van der Waals surface area contributed by atoms with Crippen LogP contribution in [0.4, 0.5) is 20.3 Å². The molecule has 0 fully saturated rings. The molecule has 6 heteroatoms. The number of halogens is 3. The molecule has 0 saturated carbocycles. The molecule has 0 atom stereocenters. The second-order valence-corrected chi connectivity index (χ2v) is 4.38. The lowest BCUT2D eigenvalue weighted by molar-refractivity contribution is 0.584. The van der Waals surface area contributed by atoms with Crippen LogP contribution in [0.1, 0.15) is 18.1 Å². The van der Waals surface area contributed by atoms with E-state index in [0.717, 1.165) is 0 Å². The summed E-state index contributed by atoms with van der Waals surface area (Å²) >= 11 is 5.93. The molecule has 0 aliphatic carbocycles. The highest BCUT2D eigenvalue weighted by molar-refractivity contribution is 6.30. The molecule has 2 rings (SSSR count). The summed E-state index contributed by atoms with van der Waals surface area (Å²) in [5.74, 6) is -1.01. The number of hydrogen-bond acceptors (Lipinski definition) is 3. The van der Waals surface area contributed by atoms with Gasteiger partial charge in [-0.25, -0.2) is 18.7 Å². The van der Waals surface area contributed by atoms with Crippen LogP contribution >= 0.6 is 11.6 Å². The maximum atomic E-state index is 13.9. The predicted octanol–water partition coefficient (Wildman–Crippen LogP) is 4.02. The van der Waals surface area contributed by atoms with E-state index in [1.807, 2.05) is 6.92 Å². The topological polar surface area (TPSA) is 37.8 Å². The molecule has 0 bridgehead atoms. The molecule has 0 amide bonds. The van der Waals surface area contributed by atoms with E-state index in [9.17, 15) is 8.78 Å². The minimum absolute atomic E-state index is 0.232. The maximum Gasteiger partial charge on any atom is 0.152 e. The Balaban J connectivity index is 2.48. The fourth-order valence-electron chi connectivity index (χ4n) is 1.70. The Hall–Kier alpha value is -1.75. The Labute approximate surface area is 114 Å². The Morgan fingerprint density at radius 1 is 1.26 bits per heavy atom. The van der Waals surface area contributed by atoms with E-state index >= 15 is 0 Å². The molecular formula is C13H12ClF2N3. The Bertz CT molecular complexity index is 617. The van der Waals surface area contributed by atoms with Crippen LogP contribution in [0.15, 0.2) is 18.5 Å². The lowest BCUT2D eigenvalue weighted by Gasteiger charge is -2.12. The fraction of sp³-hybridized carbons (Fsp3) is 0.231. The monoisotopic (exact) mass is 283 g/mol. The van der Waals surface area contributed by atoms with Crippen molar-refractivity contribution in [1.82, 2.24) is 9.97 Å². The van der Waals surface area contributed by atoms with Crippen molar-refractivity contribution in [3.05, 3.63) is 46.4 Å². The minimum Gasteiger partial charge on any atom is -0.335 e. The van der Waals surface area contributed by atoms with E-state index in [4.69, 9.17) is 11.6 Å². The molecule has 0 radical (unpaired) electrons. The predicted molar refractivity (Wildman–Crippen MR) is 70.8 cm³/mol. The average molecular weight is 284 g/mol. The summed E-state index contributed by atoms with van der Waals surface area (Å²) in [5, 5.41) is 2.93. The SMILES string of the molecule is CCc1c(Cl)ncnc1Nc1c(F)ccc(C)c1F. The molecule has 0 aliphatic rings. The van der Waals surface area contributed by atoms with Crippen molar-refractivity contribution in [2.75, 3.05) is 5.32 Å². The van der Waals surface area contributed by atoms with E-state index in [1.165, 1.54) is 18.5 Å². The first-order chi connectivity index (χ1) is 9.04. The maximum absolute atomic E-state index is 13.9. The van der Waals surface area contributed by atoms with Crippen molar-refractivity contribution >= 4 is 23.1 Å². The quantitative estimate of drug-likeness (QED) is 0.865. The summed E-state index contributed by atoms with van der Waals surface area (Å²) in [4.78, 5) is 7.82. The van der Waals surface area contributed by atoms with Crippen LogP contribution in [0.3, 0.4) is 0 Å². The Morgan fingerprint density at radius 2 is 2.00 bits per heavy atom. The lowest BCUT2D eigenvalue weighted by Crippen LogP contribution is -2.04. The van der Waals surface area contributed by atoms with Crippen LogP contribution in [0.2, 0.25) is 5.15 Å². The summed E-state index contributed by atoms with van der Waals surface area (Å²) in [6, 6.07) is 2.58. The molecule has 19 heavy (non-hydrogen) atoms. The number of anilines is 2. The molecule has 3 nitrogen and oxygen atoms in total. The van der Waals surface area contributed by atoms with Gasteiger partial charge in [0, 0.05) is 5.56 Å². The van der Waals surface area contributed by atoms with Gasteiger partial charge < -0.3 is 5.32 Å². The number of aryl methyl sites for hydroxylation is 1. The van der Waals surface area contributed by atoms with Gasteiger partial charge in [0.05, 0.1) is 0 Å². The van der Waals surface area contributed by atoms with Crippen LogP contribution in [-0.2, 0) is 6.42 Å². The van der Waals surface area contributed by atoms with Crippen molar-refractivity contribution in [2.24, 2.45) is 0 Å². The van der Waals surface area contributed by atoms with Crippen LogP contribution in [0.5, 0.6) is 0 Å². The van der Waals surface area contributed by atoms with Crippen LogP contribution < -0.4 is 5.32 Å². The van der Waals surface area contributed by atoms with E-state index < -0.39 is 11.6 Å². The van der Waals surface area contributed by atoms with E-state index in [-0.39, 0.29) is 10.8 Å². The van der Waals surface area contributed by atoms with Crippen molar-refractivity contribution in [1.29, 1.82) is 0 Å².